The number of aromatic nitrogens is 8. The van der Waals surface area contributed by atoms with Gasteiger partial charge in [0.05, 0.1) is 41.6 Å². The summed E-state index contributed by atoms with van der Waals surface area (Å²) in [6.07, 6.45) is 0.0934. The quantitative estimate of drug-likeness (QED) is 0.117. The van der Waals surface area contributed by atoms with Gasteiger partial charge in [-0.05, 0) is 55.3 Å². The van der Waals surface area contributed by atoms with Crippen molar-refractivity contribution in [2.75, 3.05) is 54.3 Å². The molecule has 2 aliphatic heterocycles. The average Bonchev–Trinajstić information content (AvgIpc) is 4.03. The van der Waals surface area contributed by atoms with E-state index in [0.29, 0.717) is 59.6 Å². The van der Waals surface area contributed by atoms with Crippen LogP contribution in [0.15, 0.2) is 85.5 Å². The Morgan fingerprint density at radius 1 is 0.684 bits per heavy atom. The van der Waals surface area contributed by atoms with Gasteiger partial charge in [-0.3, -0.25) is 0 Å². The van der Waals surface area contributed by atoms with E-state index in [0.717, 1.165) is 59.4 Å². The Hall–Kier alpha value is -6.86. The second-order valence-corrected chi connectivity index (χ2v) is 13.4. The first-order valence-electron chi connectivity index (χ1n) is 17.9. The number of carbonyl (C=O) groups excluding carboxylic acids is 1. The van der Waals surface area contributed by atoms with Gasteiger partial charge < -0.3 is 37.3 Å². The zero-order valence-corrected chi connectivity index (χ0v) is 30.1. The van der Waals surface area contributed by atoms with Crippen molar-refractivity contribution in [3.8, 4) is 22.5 Å². The fourth-order valence-electron chi connectivity index (χ4n) is 6.75. The molecule has 2 amide bonds. The van der Waals surface area contributed by atoms with E-state index in [2.05, 4.69) is 30.6 Å². The standard InChI is InChI=1S/C23H20F3N7O2.C15H16N6O/c24-23(25,26)14-2-1-3-16(10-14)31-22(34)30-15-6-4-13(5-7-15)19-18-20(27)28-12-29-21(18)33(32-19)17-8-9-35-11-17;16-10-3-1-9(2-4-10)13-12-14(17)18-8-19-15(12)21(20-13)11-5-6-22-7-11/h1-7,10,12,17H,8-9,11H2,(H2,27,28,29)(H2,30,31,34);1-4,8,11H,5-7,16H2,(H2,17,18,19)/t17-;11-/m11/s1. The Kier molecular flexibility index (Phi) is 9.98. The summed E-state index contributed by atoms with van der Waals surface area (Å²) in [5.74, 6) is 0.736. The van der Waals surface area contributed by atoms with Crippen molar-refractivity contribution in [2.45, 2.75) is 31.1 Å². The third-order valence-electron chi connectivity index (χ3n) is 9.59. The molecule has 2 saturated heterocycles. The van der Waals surface area contributed by atoms with Crippen LogP contribution in [0, 0.1) is 0 Å². The molecule has 8 N–H and O–H groups in total. The molecule has 4 aromatic heterocycles. The zero-order valence-electron chi connectivity index (χ0n) is 30.1. The molecule has 0 spiro atoms. The number of nitrogens with one attached hydrogen (secondary N) is 2. The zero-order chi connectivity index (χ0) is 39.7. The highest BCUT2D eigenvalue weighted by Gasteiger charge is 2.31. The second-order valence-electron chi connectivity index (χ2n) is 13.4. The monoisotopic (exact) mass is 779 g/mol. The highest BCUT2D eigenvalue weighted by Crippen LogP contribution is 2.36. The topological polar surface area (TPSA) is 225 Å². The lowest BCUT2D eigenvalue weighted by atomic mass is 10.1. The van der Waals surface area contributed by atoms with Gasteiger partial charge in [-0.1, -0.05) is 30.3 Å². The number of hydrogen-bond donors (Lipinski definition) is 5. The van der Waals surface area contributed by atoms with Crippen LogP contribution < -0.4 is 27.8 Å². The molecule has 0 unspecified atom stereocenters. The van der Waals surface area contributed by atoms with Gasteiger partial charge in [0.1, 0.15) is 35.7 Å². The van der Waals surface area contributed by atoms with Crippen LogP contribution in [0.1, 0.15) is 30.5 Å². The summed E-state index contributed by atoms with van der Waals surface area (Å²) in [6, 6.07) is 18.3. The molecule has 3 aromatic carbocycles. The van der Waals surface area contributed by atoms with Gasteiger partial charge in [0.25, 0.3) is 0 Å². The maximum absolute atomic E-state index is 12.9. The third-order valence-corrected chi connectivity index (χ3v) is 9.59. The van der Waals surface area contributed by atoms with Gasteiger partial charge in [-0.25, -0.2) is 34.1 Å². The number of anilines is 5. The fourth-order valence-corrected chi connectivity index (χ4v) is 6.75. The molecule has 2 atom stereocenters. The van der Waals surface area contributed by atoms with Crippen molar-refractivity contribution < 1.29 is 27.4 Å². The van der Waals surface area contributed by atoms with E-state index in [1.807, 2.05) is 33.6 Å². The Bertz CT molecular complexity index is 2550. The van der Waals surface area contributed by atoms with E-state index in [9.17, 15) is 18.0 Å². The Balaban J connectivity index is 0.000000177. The smallest absolute Gasteiger partial charge is 0.399 e. The Morgan fingerprint density at radius 2 is 1.19 bits per heavy atom. The van der Waals surface area contributed by atoms with Crippen LogP contribution in [0.25, 0.3) is 44.6 Å². The van der Waals surface area contributed by atoms with Crippen molar-refractivity contribution in [3.63, 3.8) is 0 Å². The maximum atomic E-state index is 12.9. The predicted octanol–water partition coefficient (Wildman–Crippen LogP) is 6.32. The summed E-state index contributed by atoms with van der Waals surface area (Å²) in [5.41, 5.74) is 22.7. The largest absolute Gasteiger partial charge is 0.416 e. The van der Waals surface area contributed by atoms with Crippen molar-refractivity contribution in [1.29, 1.82) is 0 Å². The number of amides is 2. The molecule has 292 valence electrons. The SMILES string of the molecule is Nc1ccc(-c2nn([C@@H]3CCOC3)c3ncnc(N)c23)cc1.Nc1ncnc2c1c(-c1ccc(NC(=O)Nc3cccc(C(F)(F)F)c3)cc1)nn2[C@@H]1CCOC1. The predicted molar refractivity (Wildman–Crippen MR) is 208 cm³/mol. The number of nitrogen functional groups attached to an aromatic ring is 3. The van der Waals surface area contributed by atoms with E-state index in [4.69, 9.17) is 36.9 Å². The number of hydrogen-bond acceptors (Lipinski definition) is 12. The number of alkyl halides is 3. The summed E-state index contributed by atoms with van der Waals surface area (Å²) < 4.78 is 53.3. The minimum atomic E-state index is -4.50. The van der Waals surface area contributed by atoms with E-state index < -0.39 is 17.8 Å². The maximum Gasteiger partial charge on any atom is 0.416 e. The van der Waals surface area contributed by atoms with Gasteiger partial charge in [0, 0.05) is 41.4 Å². The van der Waals surface area contributed by atoms with Crippen LogP contribution in [0.2, 0.25) is 0 Å². The third kappa shape index (κ3) is 7.69. The lowest BCUT2D eigenvalue weighted by Crippen LogP contribution is -2.19. The highest BCUT2D eigenvalue weighted by atomic mass is 19.4. The summed E-state index contributed by atoms with van der Waals surface area (Å²) in [6.45, 7) is 2.56. The van der Waals surface area contributed by atoms with E-state index in [-0.39, 0.29) is 17.8 Å². The molecule has 2 fully saturated rings. The first-order valence-corrected chi connectivity index (χ1v) is 17.9. The van der Waals surface area contributed by atoms with Gasteiger partial charge >= 0.3 is 12.2 Å². The number of halogens is 3. The Morgan fingerprint density at radius 3 is 1.68 bits per heavy atom. The van der Waals surface area contributed by atoms with Crippen LogP contribution in [0.3, 0.4) is 0 Å². The van der Waals surface area contributed by atoms with Crippen molar-refractivity contribution in [1.82, 2.24) is 39.5 Å². The minimum Gasteiger partial charge on any atom is -0.399 e. The van der Waals surface area contributed by atoms with Gasteiger partial charge in [0.2, 0.25) is 0 Å². The lowest BCUT2D eigenvalue weighted by Gasteiger charge is -2.11. The summed E-state index contributed by atoms with van der Waals surface area (Å²) in [7, 11) is 0. The fraction of sp³-hybridized carbons (Fsp3) is 0.237. The molecule has 0 radical (unpaired) electrons. The van der Waals surface area contributed by atoms with E-state index >= 15 is 0 Å². The van der Waals surface area contributed by atoms with Crippen LogP contribution in [-0.4, -0.2) is 72.0 Å². The highest BCUT2D eigenvalue weighted by molar-refractivity contribution is 6.01. The lowest BCUT2D eigenvalue weighted by molar-refractivity contribution is -0.137. The van der Waals surface area contributed by atoms with E-state index in [1.54, 1.807) is 24.3 Å². The second kappa shape index (κ2) is 15.3. The van der Waals surface area contributed by atoms with Crippen molar-refractivity contribution in [3.05, 3.63) is 91.0 Å². The molecule has 57 heavy (non-hydrogen) atoms. The van der Waals surface area contributed by atoms with Crippen molar-refractivity contribution >= 4 is 56.8 Å². The van der Waals surface area contributed by atoms with Crippen LogP contribution in [-0.2, 0) is 15.7 Å². The molecule has 6 heterocycles. The number of ether oxygens (including phenoxy) is 2. The summed E-state index contributed by atoms with van der Waals surface area (Å²) in [4.78, 5) is 29.3. The summed E-state index contributed by atoms with van der Waals surface area (Å²) in [5, 5.41) is 15.9. The number of fused-ring (bicyclic) bond motifs is 2. The average molecular weight is 780 g/mol. The van der Waals surface area contributed by atoms with Crippen molar-refractivity contribution in [2.24, 2.45) is 0 Å². The Labute approximate surface area is 322 Å². The molecule has 9 rings (SSSR count). The van der Waals surface area contributed by atoms with Gasteiger partial charge in [-0.15, -0.1) is 0 Å². The first kappa shape index (κ1) is 37.1. The van der Waals surface area contributed by atoms with E-state index in [1.165, 1.54) is 24.8 Å². The number of urea groups is 1. The van der Waals surface area contributed by atoms with Gasteiger partial charge in [0.15, 0.2) is 11.3 Å². The minimum absolute atomic E-state index is 0.0253. The molecule has 2 aliphatic rings. The first-order chi connectivity index (χ1) is 27.5. The van der Waals surface area contributed by atoms with Gasteiger partial charge in [-0.2, -0.15) is 23.4 Å². The summed E-state index contributed by atoms with van der Waals surface area (Å²) >= 11 is 0. The molecule has 16 nitrogen and oxygen atoms in total. The molecule has 0 bridgehead atoms. The molecule has 0 saturated carbocycles. The van der Waals surface area contributed by atoms with Crippen LogP contribution in [0.5, 0.6) is 0 Å². The number of nitrogens with zero attached hydrogens (tertiary/aromatic N) is 8. The molecule has 19 heteroatoms. The molecule has 0 aliphatic carbocycles. The molecular weight excluding hydrogens is 744 g/mol. The number of rotatable bonds is 6. The van der Waals surface area contributed by atoms with Crippen LogP contribution >= 0.6 is 0 Å². The molecule has 7 aromatic rings. The van der Waals surface area contributed by atoms with Crippen LogP contribution in [0.4, 0.5) is 46.7 Å². The normalized spacial score (nSPS) is 16.8. The number of carbonyl (C=O) groups is 1. The number of benzene rings is 3. The number of nitrogens with two attached hydrogens (primary N) is 3. The molecular formula is C38H36F3N13O3.